The fourth-order valence-electron chi connectivity index (χ4n) is 2.08. The number of nitrogens with one attached hydrogen (secondary N) is 1. The zero-order valence-electron chi connectivity index (χ0n) is 9.99. The summed E-state index contributed by atoms with van der Waals surface area (Å²) in [6.45, 7) is 2.11. The van der Waals surface area contributed by atoms with Gasteiger partial charge in [-0.1, -0.05) is 0 Å². The normalized spacial score (nSPS) is 27.7. The molecular weight excluding hydrogens is 260 g/mol. The predicted molar refractivity (Wildman–Crippen MR) is 65.0 cm³/mol. The maximum Gasteiger partial charge on any atom is 0.154 e. The highest BCUT2D eigenvalue weighted by Crippen LogP contribution is 2.24. The molecule has 3 nitrogen and oxygen atoms in total. The van der Waals surface area contributed by atoms with E-state index in [1.54, 1.807) is 6.92 Å². The van der Waals surface area contributed by atoms with Gasteiger partial charge in [-0.05, 0) is 38.1 Å². The Balaban J connectivity index is 2.36. The molecule has 0 aliphatic carbocycles. The zero-order chi connectivity index (χ0) is 13.3. The van der Waals surface area contributed by atoms with Gasteiger partial charge in [0.2, 0.25) is 0 Å². The summed E-state index contributed by atoms with van der Waals surface area (Å²) in [5.74, 6) is -1.35. The highest BCUT2D eigenvalue weighted by Gasteiger charge is 2.30. The van der Waals surface area contributed by atoms with Crippen LogP contribution in [0.4, 0.5) is 8.78 Å². The topological polar surface area (TPSA) is 46.2 Å². The monoisotopic (exact) mass is 275 g/mol. The lowest BCUT2D eigenvalue weighted by Crippen LogP contribution is -2.27. The average Bonchev–Trinajstić information content (AvgIpc) is 2.42. The third-order valence-electron chi connectivity index (χ3n) is 3.29. The number of rotatable bonds is 1. The van der Waals surface area contributed by atoms with Crippen LogP contribution in [-0.2, 0) is 9.84 Å². The number of hydrogen-bond donors (Lipinski definition) is 1. The van der Waals surface area contributed by atoms with Crippen LogP contribution in [0.1, 0.15) is 24.9 Å². The Labute approximate surface area is 105 Å². The van der Waals surface area contributed by atoms with Crippen LogP contribution in [0.15, 0.2) is 18.2 Å². The van der Waals surface area contributed by atoms with Crippen molar-refractivity contribution in [3.63, 3.8) is 0 Å². The SMILES string of the molecule is CC1CCNC(c2cc(F)ccc2F)CS1(=O)=O. The number of benzene rings is 1. The van der Waals surface area contributed by atoms with Gasteiger partial charge in [0.05, 0.1) is 11.0 Å². The Kier molecular flexibility index (Phi) is 3.68. The van der Waals surface area contributed by atoms with Crippen molar-refractivity contribution in [1.82, 2.24) is 5.32 Å². The van der Waals surface area contributed by atoms with Crippen molar-refractivity contribution in [2.75, 3.05) is 12.3 Å². The second-order valence-electron chi connectivity index (χ2n) is 4.60. The van der Waals surface area contributed by atoms with Crippen LogP contribution in [-0.4, -0.2) is 26.0 Å². The van der Waals surface area contributed by atoms with Crippen LogP contribution in [0.3, 0.4) is 0 Å². The predicted octanol–water partition coefficient (Wildman–Crippen LogP) is 1.80. The van der Waals surface area contributed by atoms with Gasteiger partial charge in [0, 0.05) is 11.6 Å². The van der Waals surface area contributed by atoms with E-state index in [1.165, 1.54) is 0 Å². The molecule has 1 aromatic rings. The molecule has 1 saturated heterocycles. The third-order valence-corrected chi connectivity index (χ3v) is 5.55. The molecule has 1 heterocycles. The quantitative estimate of drug-likeness (QED) is 0.850. The van der Waals surface area contributed by atoms with Gasteiger partial charge in [-0.15, -0.1) is 0 Å². The lowest BCUT2D eigenvalue weighted by molar-refractivity contribution is 0.522. The Morgan fingerprint density at radius 1 is 1.33 bits per heavy atom. The first kappa shape index (κ1) is 13.4. The van der Waals surface area contributed by atoms with E-state index in [2.05, 4.69) is 5.32 Å². The summed E-state index contributed by atoms with van der Waals surface area (Å²) in [5, 5.41) is 2.51. The van der Waals surface area contributed by atoms with Gasteiger partial charge in [0.25, 0.3) is 0 Å². The van der Waals surface area contributed by atoms with E-state index in [9.17, 15) is 17.2 Å². The Morgan fingerprint density at radius 3 is 2.78 bits per heavy atom. The standard InChI is InChI=1S/C12H15F2NO2S/c1-8-4-5-15-12(7-18(8,16)17)10-6-9(13)2-3-11(10)14/h2-3,6,8,12,15H,4-5,7H2,1H3. The van der Waals surface area contributed by atoms with Gasteiger partial charge in [-0.2, -0.15) is 0 Å². The van der Waals surface area contributed by atoms with Gasteiger partial charge < -0.3 is 5.32 Å². The minimum absolute atomic E-state index is 0.0766. The van der Waals surface area contributed by atoms with E-state index >= 15 is 0 Å². The van der Waals surface area contributed by atoms with Gasteiger partial charge >= 0.3 is 0 Å². The first-order valence-electron chi connectivity index (χ1n) is 5.80. The Hall–Kier alpha value is -1.01. The van der Waals surface area contributed by atoms with Crippen LogP contribution in [0.5, 0.6) is 0 Å². The molecule has 0 radical (unpaired) electrons. The molecular formula is C12H15F2NO2S. The van der Waals surface area contributed by atoms with E-state index in [4.69, 9.17) is 0 Å². The lowest BCUT2D eigenvalue weighted by Gasteiger charge is -2.16. The summed E-state index contributed by atoms with van der Waals surface area (Å²) in [7, 11) is -3.28. The van der Waals surface area contributed by atoms with Crippen LogP contribution >= 0.6 is 0 Å². The van der Waals surface area contributed by atoms with Crippen molar-refractivity contribution in [1.29, 1.82) is 0 Å². The van der Waals surface area contributed by atoms with Crippen molar-refractivity contribution in [3.05, 3.63) is 35.4 Å². The number of halogens is 2. The number of hydrogen-bond acceptors (Lipinski definition) is 3. The van der Waals surface area contributed by atoms with Gasteiger partial charge in [-0.3, -0.25) is 0 Å². The van der Waals surface area contributed by atoms with Crippen molar-refractivity contribution in [3.8, 4) is 0 Å². The summed E-state index contributed by atoms with van der Waals surface area (Å²) >= 11 is 0. The number of sulfone groups is 1. The minimum atomic E-state index is -3.28. The van der Waals surface area contributed by atoms with E-state index in [0.717, 1.165) is 18.2 Å². The van der Waals surface area contributed by atoms with Crippen LogP contribution < -0.4 is 5.32 Å². The molecule has 2 unspecified atom stereocenters. The van der Waals surface area contributed by atoms with Gasteiger partial charge in [0.1, 0.15) is 11.6 Å². The molecule has 0 saturated carbocycles. The molecule has 1 aromatic carbocycles. The van der Waals surface area contributed by atoms with E-state index in [0.29, 0.717) is 13.0 Å². The molecule has 1 N–H and O–H groups in total. The summed E-state index contributed by atoms with van der Waals surface area (Å²) in [6.07, 6.45) is 0.482. The maximum absolute atomic E-state index is 13.6. The summed E-state index contributed by atoms with van der Waals surface area (Å²) < 4.78 is 50.6. The molecule has 1 aliphatic heterocycles. The molecule has 0 spiro atoms. The largest absolute Gasteiger partial charge is 0.309 e. The molecule has 6 heteroatoms. The first-order valence-corrected chi connectivity index (χ1v) is 7.51. The fourth-order valence-corrected chi connectivity index (χ4v) is 3.64. The highest BCUT2D eigenvalue weighted by atomic mass is 32.2. The van der Waals surface area contributed by atoms with Crippen molar-refractivity contribution >= 4 is 9.84 Å². The average molecular weight is 275 g/mol. The molecule has 1 aliphatic rings. The van der Waals surface area contributed by atoms with Gasteiger partial charge in [0.15, 0.2) is 9.84 Å². The molecule has 0 amide bonds. The smallest absolute Gasteiger partial charge is 0.154 e. The van der Waals surface area contributed by atoms with Crippen LogP contribution in [0, 0.1) is 11.6 Å². The molecule has 0 bridgehead atoms. The molecule has 1 fully saturated rings. The summed E-state index contributed by atoms with van der Waals surface area (Å²) in [5.41, 5.74) is 0.0766. The second kappa shape index (κ2) is 4.93. The van der Waals surface area contributed by atoms with Crippen LogP contribution in [0.25, 0.3) is 0 Å². The maximum atomic E-state index is 13.6. The third kappa shape index (κ3) is 2.70. The van der Waals surface area contributed by atoms with E-state index < -0.39 is 32.8 Å². The Bertz CT molecular complexity index is 545. The van der Waals surface area contributed by atoms with Crippen LogP contribution in [0.2, 0.25) is 0 Å². The molecule has 0 aromatic heterocycles. The lowest BCUT2D eigenvalue weighted by atomic mass is 10.1. The van der Waals surface area contributed by atoms with E-state index in [1.807, 2.05) is 0 Å². The summed E-state index contributed by atoms with van der Waals surface area (Å²) in [6, 6.07) is 2.41. The highest BCUT2D eigenvalue weighted by molar-refractivity contribution is 7.92. The summed E-state index contributed by atoms with van der Waals surface area (Å²) in [4.78, 5) is 0. The minimum Gasteiger partial charge on any atom is -0.309 e. The zero-order valence-corrected chi connectivity index (χ0v) is 10.8. The molecule has 18 heavy (non-hydrogen) atoms. The molecule has 2 rings (SSSR count). The molecule has 2 atom stereocenters. The van der Waals surface area contributed by atoms with Crippen molar-refractivity contribution in [2.45, 2.75) is 24.6 Å². The Morgan fingerprint density at radius 2 is 2.06 bits per heavy atom. The second-order valence-corrected chi connectivity index (χ2v) is 7.07. The molecule has 100 valence electrons. The van der Waals surface area contributed by atoms with Crippen molar-refractivity contribution < 1.29 is 17.2 Å². The van der Waals surface area contributed by atoms with Crippen molar-refractivity contribution in [2.24, 2.45) is 0 Å². The fraction of sp³-hybridized carbons (Fsp3) is 0.500. The van der Waals surface area contributed by atoms with Gasteiger partial charge in [-0.25, -0.2) is 17.2 Å². The first-order chi connectivity index (χ1) is 8.40. The van der Waals surface area contributed by atoms with E-state index in [-0.39, 0.29) is 11.3 Å².